The molecule has 0 aromatic heterocycles. The molecule has 1 N–H and O–H groups in total. The molecule has 1 amide bonds. The van der Waals surface area contributed by atoms with E-state index in [4.69, 9.17) is 0 Å². The number of carbonyl (C=O) groups is 1. The predicted octanol–water partition coefficient (Wildman–Crippen LogP) is 5.60. The van der Waals surface area contributed by atoms with Crippen LogP contribution >= 0.6 is 0 Å². The number of halogens is 2. The summed E-state index contributed by atoms with van der Waals surface area (Å²) in [6, 6.07) is 22.5. The van der Waals surface area contributed by atoms with Gasteiger partial charge in [0.25, 0.3) is 5.91 Å². The number of rotatable bonds is 5. The number of nitrogens with zero attached hydrogens (tertiary/aromatic N) is 2. The van der Waals surface area contributed by atoms with Crippen molar-refractivity contribution in [3.63, 3.8) is 0 Å². The number of hydrogen-bond donors (Lipinski definition) is 1. The van der Waals surface area contributed by atoms with Crippen molar-refractivity contribution in [3.05, 3.63) is 107 Å². The summed E-state index contributed by atoms with van der Waals surface area (Å²) in [4.78, 5) is 16.5. The van der Waals surface area contributed by atoms with Crippen molar-refractivity contribution in [1.29, 1.82) is 0 Å². The molecule has 176 valence electrons. The van der Waals surface area contributed by atoms with E-state index in [1.165, 1.54) is 28.8 Å². The molecule has 4 aromatic rings. The molecule has 6 rings (SSSR count). The molecular weight excluding hydrogens is 444 g/mol. The highest BCUT2D eigenvalue weighted by Crippen LogP contribution is 2.35. The Morgan fingerprint density at radius 1 is 0.829 bits per heavy atom. The molecule has 2 aliphatic heterocycles. The maximum absolute atomic E-state index is 14.1. The minimum absolute atomic E-state index is 0.0317. The third-order valence-electron chi connectivity index (χ3n) is 7.07. The van der Waals surface area contributed by atoms with Gasteiger partial charge < -0.3 is 10.2 Å². The number of carbonyl (C=O) groups excluding carboxylic acids is 1. The number of amides is 1. The van der Waals surface area contributed by atoms with E-state index in [0.29, 0.717) is 18.8 Å². The van der Waals surface area contributed by atoms with E-state index in [9.17, 15) is 13.6 Å². The molecule has 2 aliphatic rings. The maximum Gasteiger partial charge on any atom is 0.256 e. The van der Waals surface area contributed by atoms with Crippen molar-refractivity contribution in [2.75, 3.05) is 36.4 Å². The van der Waals surface area contributed by atoms with Crippen LogP contribution in [0.5, 0.6) is 0 Å². The summed E-state index contributed by atoms with van der Waals surface area (Å²) < 4.78 is 27.3. The van der Waals surface area contributed by atoms with E-state index in [1.54, 1.807) is 0 Å². The largest absolute Gasteiger partial charge is 0.367 e. The normalized spacial score (nSPS) is 15.6. The summed E-state index contributed by atoms with van der Waals surface area (Å²) >= 11 is 0. The fourth-order valence-corrected chi connectivity index (χ4v) is 5.23. The fraction of sp³-hybridized carbons (Fsp3) is 0.207. The third kappa shape index (κ3) is 4.15. The minimum atomic E-state index is -0.547. The van der Waals surface area contributed by atoms with Crippen LogP contribution in [0.1, 0.15) is 27.0 Å². The molecule has 2 heterocycles. The standard InChI is InChI=1S/C29H25F2N3O/c30-22-9-11-27(25(31)17-22)34-14-12-33(13-15-34)18-20-6-4-19(5-7-20)16-21-8-10-26-28-23(21)2-1-3-24(28)29(35)32-26/h1-11,17H,12-16,18H2,(H,32,35). The van der Waals surface area contributed by atoms with Crippen molar-refractivity contribution in [1.82, 2.24) is 4.90 Å². The second-order valence-electron chi connectivity index (χ2n) is 9.31. The molecule has 6 heteroatoms. The van der Waals surface area contributed by atoms with Crippen molar-refractivity contribution in [2.24, 2.45) is 0 Å². The highest BCUT2D eigenvalue weighted by Gasteiger charge is 2.22. The van der Waals surface area contributed by atoms with Crippen LogP contribution in [-0.2, 0) is 13.0 Å². The van der Waals surface area contributed by atoms with Gasteiger partial charge in [0.05, 0.1) is 5.69 Å². The molecule has 0 unspecified atom stereocenters. The van der Waals surface area contributed by atoms with Crippen LogP contribution in [0, 0.1) is 11.6 Å². The molecular formula is C29H25F2N3O. The molecule has 1 saturated heterocycles. The second kappa shape index (κ2) is 8.78. The van der Waals surface area contributed by atoms with Crippen LogP contribution in [0.3, 0.4) is 0 Å². The molecule has 0 saturated carbocycles. The number of hydrogen-bond acceptors (Lipinski definition) is 3. The van der Waals surface area contributed by atoms with E-state index in [2.05, 4.69) is 46.6 Å². The molecule has 0 spiro atoms. The van der Waals surface area contributed by atoms with Gasteiger partial charge >= 0.3 is 0 Å². The Morgan fingerprint density at radius 2 is 1.60 bits per heavy atom. The number of benzene rings is 4. The topological polar surface area (TPSA) is 35.6 Å². The molecule has 0 bridgehead atoms. The summed E-state index contributed by atoms with van der Waals surface area (Å²) in [7, 11) is 0. The number of nitrogens with one attached hydrogen (secondary N) is 1. The van der Waals surface area contributed by atoms with Gasteiger partial charge in [0.2, 0.25) is 0 Å². The van der Waals surface area contributed by atoms with E-state index < -0.39 is 11.6 Å². The smallest absolute Gasteiger partial charge is 0.256 e. The predicted molar refractivity (Wildman–Crippen MR) is 135 cm³/mol. The Bertz CT molecular complexity index is 1430. The fourth-order valence-electron chi connectivity index (χ4n) is 5.23. The van der Waals surface area contributed by atoms with Gasteiger partial charge in [-0.2, -0.15) is 0 Å². The molecule has 0 atom stereocenters. The van der Waals surface area contributed by atoms with Crippen molar-refractivity contribution in [3.8, 4) is 0 Å². The molecule has 0 aliphatic carbocycles. The Balaban J connectivity index is 1.10. The second-order valence-corrected chi connectivity index (χ2v) is 9.31. The first-order valence-electron chi connectivity index (χ1n) is 11.9. The maximum atomic E-state index is 14.1. The molecule has 4 aromatic carbocycles. The van der Waals surface area contributed by atoms with Gasteiger partial charge in [-0.25, -0.2) is 8.78 Å². The average molecular weight is 470 g/mol. The number of anilines is 2. The monoisotopic (exact) mass is 469 g/mol. The zero-order valence-electron chi connectivity index (χ0n) is 19.2. The number of piperazine rings is 1. The lowest BCUT2D eigenvalue weighted by Crippen LogP contribution is -2.46. The Kier molecular flexibility index (Phi) is 5.46. The minimum Gasteiger partial charge on any atom is -0.367 e. The van der Waals surface area contributed by atoms with E-state index >= 15 is 0 Å². The van der Waals surface area contributed by atoms with E-state index in [-0.39, 0.29) is 5.91 Å². The summed E-state index contributed by atoms with van der Waals surface area (Å²) in [6.07, 6.45) is 0.802. The van der Waals surface area contributed by atoms with Crippen LogP contribution in [0.15, 0.2) is 72.8 Å². The first-order valence-corrected chi connectivity index (χ1v) is 11.9. The first-order chi connectivity index (χ1) is 17.0. The highest BCUT2D eigenvalue weighted by molar-refractivity contribution is 6.24. The van der Waals surface area contributed by atoms with Crippen molar-refractivity contribution >= 4 is 28.1 Å². The van der Waals surface area contributed by atoms with Gasteiger partial charge in [-0.1, -0.05) is 42.5 Å². The molecule has 4 nitrogen and oxygen atoms in total. The van der Waals surface area contributed by atoms with Crippen LogP contribution in [-0.4, -0.2) is 37.0 Å². The summed E-state index contributed by atoms with van der Waals surface area (Å²) in [6.45, 7) is 3.92. The van der Waals surface area contributed by atoms with Gasteiger partial charge in [-0.3, -0.25) is 9.69 Å². The SMILES string of the molecule is O=C1Nc2ccc(Cc3ccc(CN4CCN(c5ccc(F)cc5F)CC4)cc3)c3cccc1c23. The highest BCUT2D eigenvalue weighted by atomic mass is 19.1. The van der Waals surface area contributed by atoms with Crippen molar-refractivity contribution in [2.45, 2.75) is 13.0 Å². The molecule has 35 heavy (non-hydrogen) atoms. The molecule has 1 fully saturated rings. The van der Waals surface area contributed by atoms with Crippen LogP contribution in [0.25, 0.3) is 10.8 Å². The van der Waals surface area contributed by atoms with Gasteiger partial charge in [0.15, 0.2) is 0 Å². The van der Waals surface area contributed by atoms with Gasteiger partial charge in [-0.05, 0) is 52.8 Å². The van der Waals surface area contributed by atoms with Gasteiger partial charge in [0, 0.05) is 55.4 Å². The van der Waals surface area contributed by atoms with E-state index in [0.717, 1.165) is 54.1 Å². The van der Waals surface area contributed by atoms with Crippen LogP contribution in [0.2, 0.25) is 0 Å². The van der Waals surface area contributed by atoms with E-state index in [1.807, 2.05) is 23.1 Å². The summed E-state index contributed by atoms with van der Waals surface area (Å²) in [5.41, 5.74) is 5.78. The Labute approximate surface area is 202 Å². The third-order valence-corrected chi connectivity index (χ3v) is 7.07. The lowest BCUT2D eigenvalue weighted by atomic mass is 9.95. The Hall–Kier alpha value is -3.77. The first kappa shape index (κ1) is 21.7. The summed E-state index contributed by atoms with van der Waals surface area (Å²) in [5, 5.41) is 5.09. The average Bonchev–Trinajstić information content (AvgIpc) is 3.19. The zero-order valence-corrected chi connectivity index (χ0v) is 19.2. The lowest BCUT2D eigenvalue weighted by Gasteiger charge is -2.36. The zero-order chi connectivity index (χ0) is 23.9. The lowest BCUT2D eigenvalue weighted by molar-refractivity contribution is 0.103. The van der Waals surface area contributed by atoms with Gasteiger partial charge in [-0.15, -0.1) is 0 Å². The molecule has 0 radical (unpaired) electrons. The van der Waals surface area contributed by atoms with Gasteiger partial charge in [0.1, 0.15) is 11.6 Å². The summed E-state index contributed by atoms with van der Waals surface area (Å²) in [5.74, 6) is -1.08. The Morgan fingerprint density at radius 3 is 2.37 bits per heavy atom. The quantitative estimate of drug-likeness (QED) is 0.414. The van der Waals surface area contributed by atoms with Crippen molar-refractivity contribution < 1.29 is 13.6 Å². The van der Waals surface area contributed by atoms with Crippen LogP contribution in [0.4, 0.5) is 20.2 Å². The van der Waals surface area contributed by atoms with Crippen LogP contribution < -0.4 is 10.2 Å².